The van der Waals surface area contributed by atoms with E-state index in [1.165, 1.54) is 11.1 Å². The van der Waals surface area contributed by atoms with E-state index in [-0.39, 0.29) is 5.75 Å². The Bertz CT molecular complexity index is 656. The van der Waals surface area contributed by atoms with Crippen LogP contribution in [0.4, 0.5) is 0 Å². The lowest BCUT2D eigenvalue weighted by Gasteiger charge is -2.18. The molecular weight excluding hydrogens is 324 g/mol. The van der Waals surface area contributed by atoms with Gasteiger partial charge in [0.1, 0.15) is 0 Å². The number of guanidine groups is 1. The molecule has 1 atom stereocenters. The predicted octanol–water partition coefficient (Wildman–Crippen LogP) is 1.30. The third-order valence-corrected chi connectivity index (χ3v) is 6.26. The summed E-state index contributed by atoms with van der Waals surface area (Å²) in [4.78, 5) is 4.19. The highest BCUT2D eigenvalue weighted by molar-refractivity contribution is 7.89. The monoisotopic (exact) mass is 352 g/mol. The first-order valence-corrected chi connectivity index (χ1v) is 10.0. The van der Waals surface area contributed by atoms with Crippen LogP contribution in [-0.2, 0) is 10.0 Å². The average Bonchev–Trinajstić information content (AvgIpc) is 2.89. The Labute approximate surface area is 145 Å². The molecule has 0 amide bonds. The summed E-state index contributed by atoms with van der Waals surface area (Å²) in [6.07, 6.45) is 0.726. The normalized spacial score (nSPS) is 19.2. The van der Waals surface area contributed by atoms with Gasteiger partial charge >= 0.3 is 0 Å². The first-order valence-electron chi connectivity index (χ1n) is 8.41. The molecule has 1 aliphatic rings. The first kappa shape index (κ1) is 18.7. The number of aliphatic imine (C=N–C) groups is 1. The number of sulfonamides is 1. The van der Waals surface area contributed by atoms with Crippen molar-refractivity contribution < 1.29 is 8.42 Å². The molecule has 2 N–H and O–H groups in total. The fourth-order valence-electron chi connectivity index (χ4n) is 2.72. The van der Waals surface area contributed by atoms with Crippen molar-refractivity contribution in [3.05, 3.63) is 35.4 Å². The van der Waals surface area contributed by atoms with E-state index in [0.29, 0.717) is 31.5 Å². The topological polar surface area (TPSA) is 73.8 Å². The molecule has 1 aromatic carbocycles. The predicted molar refractivity (Wildman–Crippen MR) is 98.9 cm³/mol. The molecule has 1 unspecified atom stereocenters. The van der Waals surface area contributed by atoms with Gasteiger partial charge in [0.2, 0.25) is 10.0 Å². The first-order chi connectivity index (χ1) is 11.4. The Morgan fingerprint density at radius 2 is 2.00 bits per heavy atom. The zero-order valence-electron chi connectivity index (χ0n) is 14.7. The molecule has 1 heterocycles. The molecule has 2 rings (SSSR count). The van der Waals surface area contributed by atoms with Crippen molar-refractivity contribution in [3.8, 4) is 0 Å². The average molecular weight is 353 g/mol. The smallest absolute Gasteiger partial charge is 0.214 e. The molecule has 0 bridgehead atoms. The molecule has 1 fully saturated rings. The maximum absolute atomic E-state index is 11.8. The maximum Gasteiger partial charge on any atom is 0.214 e. The highest BCUT2D eigenvalue weighted by Crippen LogP contribution is 2.14. The largest absolute Gasteiger partial charge is 0.356 e. The molecule has 1 aromatic rings. The van der Waals surface area contributed by atoms with E-state index in [0.717, 1.165) is 13.0 Å². The minimum Gasteiger partial charge on any atom is -0.356 e. The van der Waals surface area contributed by atoms with Crippen LogP contribution >= 0.6 is 0 Å². The fraction of sp³-hybridized carbons (Fsp3) is 0.588. The molecule has 1 aliphatic heterocycles. The minimum absolute atomic E-state index is 0.272. The molecule has 0 aliphatic carbocycles. The van der Waals surface area contributed by atoms with E-state index in [9.17, 15) is 8.42 Å². The van der Waals surface area contributed by atoms with Gasteiger partial charge in [-0.05, 0) is 24.8 Å². The molecule has 0 aromatic heterocycles. The van der Waals surface area contributed by atoms with Crippen LogP contribution in [0.3, 0.4) is 0 Å². The van der Waals surface area contributed by atoms with E-state index >= 15 is 0 Å². The van der Waals surface area contributed by atoms with Crippen LogP contribution in [0.2, 0.25) is 0 Å². The highest BCUT2D eigenvalue weighted by Gasteiger charge is 2.27. The van der Waals surface area contributed by atoms with Gasteiger partial charge in [-0.2, -0.15) is 0 Å². The molecule has 1 saturated heterocycles. The summed E-state index contributed by atoms with van der Waals surface area (Å²) in [6.45, 7) is 6.68. The second-order valence-corrected chi connectivity index (χ2v) is 8.35. The summed E-state index contributed by atoms with van der Waals surface area (Å²) in [5, 5.41) is 6.48. The van der Waals surface area contributed by atoms with Gasteiger partial charge in [-0.3, -0.25) is 4.99 Å². The van der Waals surface area contributed by atoms with Gasteiger partial charge in [-0.25, -0.2) is 12.7 Å². The second-order valence-electron chi connectivity index (χ2n) is 6.26. The lowest BCUT2D eigenvalue weighted by atomic mass is 10.0. The number of nitrogens with one attached hydrogen (secondary N) is 2. The third-order valence-electron chi connectivity index (χ3n) is 4.30. The number of benzene rings is 1. The molecule has 0 saturated carbocycles. The van der Waals surface area contributed by atoms with E-state index in [4.69, 9.17) is 0 Å². The van der Waals surface area contributed by atoms with Gasteiger partial charge in [0, 0.05) is 33.2 Å². The van der Waals surface area contributed by atoms with Crippen LogP contribution in [0.25, 0.3) is 0 Å². The van der Waals surface area contributed by atoms with Gasteiger partial charge in [0.25, 0.3) is 0 Å². The second kappa shape index (κ2) is 8.48. The van der Waals surface area contributed by atoms with Crippen molar-refractivity contribution in [2.24, 2.45) is 4.99 Å². The van der Waals surface area contributed by atoms with Crippen molar-refractivity contribution >= 4 is 16.0 Å². The summed E-state index contributed by atoms with van der Waals surface area (Å²) in [5.74, 6) is 1.34. The quantitative estimate of drug-likeness (QED) is 0.598. The molecule has 134 valence electrons. The van der Waals surface area contributed by atoms with Crippen LogP contribution in [0, 0.1) is 6.92 Å². The zero-order chi connectivity index (χ0) is 17.6. The summed E-state index contributed by atoms with van der Waals surface area (Å²) in [7, 11) is -1.30. The van der Waals surface area contributed by atoms with Crippen LogP contribution < -0.4 is 10.6 Å². The SMILES string of the molecule is CN=C(NCCN1CCCS1(=O)=O)NCC(C)c1ccc(C)cc1. The molecule has 7 heteroatoms. The summed E-state index contributed by atoms with van der Waals surface area (Å²) in [5.41, 5.74) is 2.54. The Morgan fingerprint density at radius 3 is 2.58 bits per heavy atom. The van der Waals surface area contributed by atoms with Gasteiger partial charge < -0.3 is 10.6 Å². The molecule has 0 radical (unpaired) electrons. The van der Waals surface area contributed by atoms with E-state index < -0.39 is 10.0 Å². The van der Waals surface area contributed by atoms with E-state index in [2.05, 4.69) is 53.7 Å². The van der Waals surface area contributed by atoms with Crippen LogP contribution in [0.1, 0.15) is 30.4 Å². The highest BCUT2D eigenvalue weighted by atomic mass is 32.2. The van der Waals surface area contributed by atoms with Crippen LogP contribution in [0.5, 0.6) is 0 Å². The number of rotatable bonds is 6. The zero-order valence-corrected chi connectivity index (χ0v) is 15.6. The number of nitrogens with zero attached hydrogens (tertiary/aromatic N) is 2. The molecule has 24 heavy (non-hydrogen) atoms. The third kappa shape index (κ3) is 5.21. The Hall–Kier alpha value is -1.60. The summed E-state index contributed by atoms with van der Waals surface area (Å²) < 4.78 is 25.1. The van der Waals surface area contributed by atoms with Crippen molar-refractivity contribution in [1.29, 1.82) is 0 Å². The van der Waals surface area contributed by atoms with Crippen molar-refractivity contribution in [3.63, 3.8) is 0 Å². The Morgan fingerprint density at radius 1 is 1.29 bits per heavy atom. The van der Waals surface area contributed by atoms with Gasteiger partial charge in [0.05, 0.1) is 5.75 Å². The van der Waals surface area contributed by atoms with Gasteiger partial charge in [-0.1, -0.05) is 36.8 Å². The van der Waals surface area contributed by atoms with Crippen LogP contribution in [0.15, 0.2) is 29.3 Å². The number of aryl methyl sites for hydroxylation is 1. The summed E-state index contributed by atoms with van der Waals surface area (Å²) in [6, 6.07) is 8.54. The Balaban J connectivity index is 1.75. The van der Waals surface area contributed by atoms with Gasteiger partial charge in [0.15, 0.2) is 5.96 Å². The minimum atomic E-state index is -3.02. The lowest BCUT2D eigenvalue weighted by molar-refractivity contribution is 0.445. The van der Waals surface area contributed by atoms with E-state index in [1.54, 1.807) is 11.4 Å². The maximum atomic E-state index is 11.8. The standard InChI is InChI=1S/C17H28N4O2S/c1-14-5-7-16(8-6-14)15(2)13-20-17(18-3)19-9-11-21-10-4-12-24(21,22)23/h5-8,15H,4,9-13H2,1-3H3,(H2,18,19,20). The van der Waals surface area contributed by atoms with Crippen molar-refractivity contribution in [1.82, 2.24) is 14.9 Å². The number of hydrogen-bond acceptors (Lipinski definition) is 3. The summed E-state index contributed by atoms with van der Waals surface area (Å²) >= 11 is 0. The van der Waals surface area contributed by atoms with Gasteiger partial charge in [-0.15, -0.1) is 0 Å². The van der Waals surface area contributed by atoms with Crippen molar-refractivity contribution in [2.45, 2.75) is 26.2 Å². The number of hydrogen-bond donors (Lipinski definition) is 2. The molecular formula is C17H28N4O2S. The molecule has 0 spiro atoms. The van der Waals surface area contributed by atoms with Crippen molar-refractivity contribution in [2.75, 3.05) is 39.0 Å². The van der Waals surface area contributed by atoms with E-state index in [1.807, 2.05) is 0 Å². The van der Waals surface area contributed by atoms with Crippen LogP contribution in [-0.4, -0.2) is 57.7 Å². The fourth-order valence-corrected chi connectivity index (χ4v) is 4.25. The lowest BCUT2D eigenvalue weighted by Crippen LogP contribution is -2.42. The Kier molecular flexibility index (Phi) is 6.62. The molecule has 6 nitrogen and oxygen atoms in total.